The van der Waals surface area contributed by atoms with Crippen LogP contribution in [0, 0.1) is 5.41 Å². The van der Waals surface area contributed by atoms with Gasteiger partial charge in [0.15, 0.2) is 0 Å². The molecule has 1 N–H and O–H groups in total. The molecule has 7 heteroatoms. The van der Waals surface area contributed by atoms with Crippen LogP contribution in [0.1, 0.15) is 44.0 Å². The summed E-state index contributed by atoms with van der Waals surface area (Å²) in [5.41, 5.74) is 0.724. The monoisotopic (exact) mass is 439 g/mol. The largest absolute Gasteiger partial charge is 0.340 e. The molecule has 0 aromatic heterocycles. The van der Waals surface area contributed by atoms with Gasteiger partial charge in [-0.15, -0.1) is 0 Å². The molecule has 1 aliphatic heterocycles. The Hall–Kier alpha value is -1.24. The van der Waals surface area contributed by atoms with Gasteiger partial charge in [-0.3, -0.25) is 14.5 Å². The molecule has 2 amide bonds. The predicted octanol–water partition coefficient (Wildman–Crippen LogP) is 3.77. The summed E-state index contributed by atoms with van der Waals surface area (Å²) in [6.45, 7) is 11.0. The summed E-state index contributed by atoms with van der Waals surface area (Å²) >= 11 is 7.82. The van der Waals surface area contributed by atoms with Crippen molar-refractivity contribution in [2.24, 2.45) is 5.41 Å². The Bertz CT molecular complexity index is 685. The molecule has 1 heterocycles. The maximum absolute atomic E-state index is 13.1. The van der Waals surface area contributed by atoms with E-state index in [1.807, 2.05) is 11.2 Å². The molecule has 1 unspecified atom stereocenters. The van der Waals surface area contributed by atoms with Crippen LogP contribution in [-0.4, -0.2) is 72.4 Å². The smallest absolute Gasteiger partial charge is 0.253 e. The van der Waals surface area contributed by atoms with E-state index in [0.717, 1.165) is 31.8 Å². The van der Waals surface area contributed by atoms with Crippen LogP contribution < -0.4 is 5.32 Å². The van der Waals surface area contributed by atoms with Crippen molar-refractivity contribution in [1.29, 1.82) is 0 Å². The van der Waals surface area contributed by atoms with Crippen LogP contribution in [0.4, 0.5) is 0 Å². The number of rotatable bonds is 8. The van der Waals surface area contributed by atoms with E-state index in [9.17, 15) is 9.59 Å². The summed E-state index contributed by atoms with van der Waals surface area (Å²) in [5.74, 6) is 0.527. The lowest BCUT2D eigenvalue weighted by molar-refractivity contribution is -0.135. The number of benzene rings is 1. The highest BCUT2D eigenvalue weighted by atomic mass is 35.5. The first-order chi connectivity index (χ1) is 13.7. The zero-order valence-corrected chi connectivity index (χ0v) is 19.6. The van der Waals surface area contributed by atoms with Crippen LogP contribution in [-0.2, 0) is 4.79 Å². The van der Waals surface area contributed by atoms with Gasteiger partial charge in [-0.05, 0) is 48.9 Å². The third-order valence-electron chi connectivity index (χ3n) is 5.19. The molecule has 0 aliphatic carbocycles. The molecular formula is C22H34ClN3O2S. The van der Waals surface area contributed by atoms with E-state index >= 15 is 0 Å². The average molecular weight is 440 g/mol. The fourth-order valence-electron chi connectivity index (χ4n) is 3.28. The van der Waals surface area contributed by atoms with Crippen molar-refractivity contribution in [3.63, 3.8) is 0 Å². The number of hydrogen-bond acceptors (Lipinski definition) is 4. The molecule has 5 nitrogen and oxygen atoms in total. The van der Waals surface area contributed by atoms with Crippen LogP contribution in [0.3, 0.4) is 0 Å². The Kier molecular flexibility index (Phi) is 9.31. The second-order valence-electron chi connectivity index (χ2n) is 8.76. The van der Waals surface area contributed by atoms with Crippen LogP contribution in [0.15, 0.2) is 24.3 Å². The fraction of sp³-hybridized carbons (Fsp3) is 0.636. The number of halogens is 1. The number of hydrogen-bond donors (Lipinski definition) is 1. The Morgan fingerprint density at radius 3 is 2.41 bits per heavy atom. The lowest BCUT2D eigenvalue weighted by atomic mass is 9.92. The molecule has 2 rings (SSSR count). The molecule has 1 aromatic rings. The van der Waals surface area contributed by atoms with Gasteiger partial charge in [-0.2, -0.15) is 11.8 Å². The number of carbonyl (C=O) groups excluding carboxylic acids is 2. The van der Waals surface area contributed by atoms with Crippen LogP contribution >= 0.6 is 23.4 Å². The highest BCUT2D eigenvalue weighted by Gasteiger charge is 2.29. The number of carbonyl (C=O) groups is 2. The van der Waals surface area contributed by atoms with Gasteiger partial charge in [0.2, 0.25) is 5.91 Å². The third kappa shape index (κ3) is 7.83. The van der Waals surface area contributed by atoms with E-state index in [4.69, 9.17) is 11.6 Å². The molecule has 162 valence electrons. The van der Waals surface area contributed by atoms with E-state index in [1.54, 1.807) is 36.0 Å². The van der Waals surface area contributed by atoms with Gasteiger partial charge in [-0.25, -0.2) is 0 Å². The van der Waals surface area contributed by atoms with Crippen molar-refractivity contribution in [3.05, 3.63) is 34.9 Å². The average Bonchev–Trinajstić information content (AvgIpc) is 2.69. The van der Waals surface area contributed by atoms with Crippen LogP contribution in [0.2, 0.25) is 5.02 Å². The van der Waals surface area contributed by atoms with E-state index in [1.165, 1.54) is 0 Å². The first kappa shape index (κ1) is 24.0. The van der Waals surface area contributed by atoms with Crippen molar-refractivity contribution in [2.75, 3.05) is 44.7 Å². The van der Waals surface area contributed by atoms with Gasteiger partial charge in [0.1, 0.15) is 6.04 Å². The fourth-order valence-corrected chi connectivity index (χ4v) is 3.97. The quantitative estimate of drug-likeness (QED) is 0.669. The van der Waals surface area contributed by atoms with Crippen LogP contribution in [0.5, 0.6) is 0 Å². The number of nitrogens with one attached hydrogen (secondary N) is 1. The lowest BCUT2D eigenvalue weighted by Gasteiger charge is -2.37. The van der Waals surface area contributed by atoms with E-state index < -0.39 is 6.04 Å². The summed E-state index contributed by atoms with van der Waals surface area (Å²) in [6, 6.07) is 6.41. The number of nitrogens with zero attached hydrogens (tertiary/aromatic N) is 2. The van der Waals surface area contributed by atoms with Crippen molar-refractivity contribution < 1.29 is 9.59 Å². The van der Waals surface area contributed by atoms with Gasteiger partial charge in [-0.1, -0.05) is 44.5 Å². The molecule has 0 radical (unpaired) electrons. The summed E-state index contributed by atoms with van der Waals surface area (Å²) in [7, 11) is 0. The Morgan fingerprint density at radius 2 is 1.83 bits per heavy atom. The Labute approximate surface area is 184 Å². The summed E-state index contributed by atoms with van der Waals surface area (Å²) in [6.07, 6.45) is 3.76. The summed E-state index contributed by atoms with van der Waals surface area (Å²) < 4.78 is 0. The predicted molar refractivity (Wildman–Crippen MR) is 123 cm³/mol. The van der Waals surface area contributed by atoms with Gasteiger partial charge in [0.05, 0.1) is 10.6 Å². The molecule has 1 atom stereocenters. The molecule has 0 spiro atoms. The summed E-state index contributed by atoms with van der Waals surface area (Å²) in [4.78, 5) is 30.1. The molecule has 1 saturated heterocycles. The Balaban J connectivity index is 1.95. The van der Waals surface area contributed by atoms with E-state index in [2.05, 4.69) is 31.0 Å². The topological polar surface area (TPSA) is 52.7 Å². The minimum atomic E-state index is -0.521. The lowest BCUT2D eigenvalue weighted by Crippen LogP contribution is -2.55. The number of amides is 2. The molecular weight excluding hydrogens is 406 g/mol. The highest BCUT2D eigenvalue weighted by molar-refractivity contribution is 7.98. The first-order valence-electron chi connectivity index (χ1n) is 10.3. The van der Waals surface area contributed by atoms with Gasteiger partial charge in [0, 0.05) is 26.2 Å². The molecule has 0 bridgehead atoms. The van der Waals surface area contributed by atoms with Crippen molar-refractivity contribution in [2.45, 2.75) is 39.7 Å². The maximum atomic E-state index is 13.1. The zero-order chi connectivity index (χ0) is 21.4. The first-order valence-corrected chi connectivity index (χ1v) is 12.0. The molecule has 0 saturated carbocycles. The second kappa shape index (κ2) is 11.2. The minimum absolute atomic E-state index is 0.00919. The van der Waals surface area contributed by atoms with Crippen LogP contribution in [0.25, 0.3) is 0 Å². The third-order valence-corrected chi connectivity index (χ3v) is 6.17. The standard InChI is InChI=1S/C22H34ClN3O2S/c1-22(2,3)10-11-25-12-14-26(15-13-25)21(28)19(9-16-29-4)24-20(27)17-7-5-6-8-18(17)23/h5-8,19H,9-16H2,1-4H3,(H,24,27). The zero-order valence-electron chi connectivity index (χ0n) is 18.0. The van der Waals surface area contributed by atoms with Crippen molar-refractivity contribution >= 4 is 35.2 Å². The molecule has 1 aromatic carbocycles. The summed E-state index contributed by atoms with van der Waals surface area (Å²) in [5, 5.41) is 3.32. The van der Waals surface area contributed by atoms with Gasteiger partial charge < -0.3 is 10.2 Å². The number of piperazine rings is 1. The van der Waals surface area contributed by atoms with Gasteiger partial charge >= 0.3 is 0 Å². The van der Waals surface area contributed by atoms with Crippen molar-refractivity contribution in [1.82, 2.24) is 15.1 Å². The van der Waals surface area contributed by atoms with E-state index in [0.29, 0.717) is 35.5 Å². The second-order valence-corrected chi connectivity index (χ2v) is 10.2. The Morgan fingerprint density at radius 1 is 1.17 bits per heavy atom. The van der Waals surface area contributed by atoms with Crippen molar-refractivity contribution in [3.8, 4) is 0 Å². The minimum Gasteiger partial charge on any atom is -0.340 e. The van der Waals surface area contributed by atoms with Gasteiger partial charge in [0.25, 0.3) is 5.91 Å². The normalized spacial score (nSPS) is 16.5. The number of thioether (sulfide) groups is 1. The molecule has 1 aliphatic rings. The molecule has 1 fully saturated rings. The SMILES string of the molecule is CSCCC(NC(=O)c1ccccc1Cl)C(=O)N1CCN(CCC(C)(C)C)CC1. The molecule has 29 heavy (non-hydrogen) atoms. The van der Waals surface area contributed by atoms with E-state index in [-0.39, 0.29) is 11.8 Å². The highest BCUT2D eigenvalue weighted by Crippen LogP contribution is 2.20. The maximum Gasteiger partial charge on any atom is 0.253 e.